The van der Waals surface area contributed by atoms with E-state index in [1.807, 2.05) is 32.1 Å². The van der Waals surface area contributed by atoms with Crippen molar-refractivity contribution in [2.24, 2.45) is 0 Å². The maximum Gasteiger partial charge on any atom is 0.125 e. The second-order valence-electron chi connectivity index (χ2n) is 3.71. The molecule has 0 saturated carbocycles. The number of benzene rings is 1. The van der Waals surface area contributed by atoms with Gasteiger partial charge < -0.3 is 10.1 Å². The molecule has 88 valence electrons. The minimum Gasteiger partial charge on any atom is -0.492 e. The third-order valence-electron chi connectivity index (χ3n) is 2.24. The molecule has 0 heterocycles. The number of halogens is 1. The molecule has 0 amide bonds. The topological polar surface area (TPSA) is 21.3 Å². The lowest BCUT2D eigenvalue weighted by Gasteiger charge is -2.12. The van der Waals surface area contributed by atoms with Gasteiger partial charge in [-0.1, -0.05) is 17.7 Å². The number of rotatable bonds is 6. The van der Waals surface area contributed by atoms with Gasteiger partial charge in [0, 0.05) is 18.1 Å². The first-order valence-electron chi connectivity index (χ1n) is 5.36. The minimum atomic E-state index is 0.650. The standard InChI is InChI=1S/C13H18ClNO/c1-4-5-15-6-7-16-13-10(2)8-12(14)9-11(13)3/h4,8-9,15H,1,5-7H2,2-3H3. The van der Waals surface area contributed by atoms with Gasteiger partial charge in [0.1, 0.15) is 12.4 Å². The Balaban J connectivity index is 2.50. The molecule has 0 aliphatic carbocycles. The molecule has 1 aromatic rings. The van der Waals surface area contributed by atoms with Crippen molar-refractivity contribution < 1.29 is 4.74 Å². The summed E-state index contributed by atoms with van der Waals surface area (Å²) < 4.78 is 5.71. The minimum absolute atomic E-state index is 0.650. The van der Waals surface area contributed by atoms with E-state index in [-0.39, 0.29) is 0 Å². The molecule has 1 N–H and O–H groups in total. The van der Waals surface area contributed by atoms with E-state index < -0.39 is 0 Å². The second kappa shape index (κ2) is 6.56. The van der Waals surface area contributed by atoms with Gasteiger partial charge in [-0.05, 0) is 37.1 Å². The van der Waals surface area contributed by atoms with E-state index in [2.05, 4.69) is 11.9 Å². The van der Waals surface area contributed by atoms with Crippen LogP contribution in [-0.2, 0) is 0 Å². The normalized spacial score (nSPS) is 10.2. The van der Waals surface area contributed by atoms with Crippen molar-refractivity contribution in [3.63, 3.8) is 0 Å². The number of nitrogens with one attached hydrogen (secondary N) is 1. The predicted octanol–water partition coefficient (Wildman–Crippen LogP) is 3.11. The molecule has 1 rings (SSSR count). The zero-order valence-electron chi connectivity index (χ0n) is 9.85. The van der Waals surface area contributed by atoms with Crippen LogP contribution in [0.25, 0.3) is 0 Å². The summed E-state index contributed by atoms with van der Waals surface area (Å²) in [5.41, 5.74) is 2.16. The van der Waals surface area contributed by atoms with Crippen LogP contribution in [0.1, 0.15) is 11.1 Å². The molecule has 0 aliphatic heterocycles. The molecule has 0 radical (unpaired) electrons. The molecule has 0 atom stereocenters. The van der Waals surface area contributed by atoms with Crippen LogP contribution >= 0.6 is 11.6 Å². The molecule has 0 bridgehead atoms. The number of hydrogen-bond donors (Lipinski definition) is 1. The maximum absolute atomic E-state index is 5.95. The number of ether oxygens (including phenoxy) is 1. The van der Waals surface area contributed by atoms with Crippen molar-refractivity contribution in [2.75, 3.05) is 19.7 Å². The molecule has 1 aromatic carbocycles. The summed E-state index contributed by atoms with van der Waals surface area (Å²) in [5.74, 6) is 0.935. The van der Waals surface area contributed by atoms with Gasteiger partial charge in [-0.3, -0.25) is 0 Å². The predicted molar refractivity (Wildman–Crippen MR) is 69.5 cm³/mol. The molecule has 0 fully saturated rings. The lowest BCUT2D eigenvalue weighted by molar-refractivity contribution is 0.312. The lowest BCUT2D eigenvalue weighted by atomic mass is 10.1. The van der Waals surface area contributed by atoms with Gasteiger partial charge in [0.05, 0.1) is 0 Å². The first-order valence-corrected chi connectivity index (χ1v) is 5.74. The Morgan fingerprint density at radius 2 is 2.00 bits per heavy atom. The second-order valence-corrected chi connectivity index (χ2v) is 4.15. The van der Waals surface area contributed by atoms with Crippen molar-refractivity contribution in [2.45, 2.75) is 13.8 Å². The highest BCUT2D eigenvalue weighted by molar-refractivity contribution is 6.30. The van der Waals surface area contributed by atoms with Crippen molar-refractivity contribution in [3.05, 3.63) is 40.9 Å². The first-order chi connectivity index (χ1) is 7.65. The fraction of sp³-hybridized carbons (Fsp3) is 0.385. The lowest BCUT2D eigenvalue weighted by Crippen LogP contribution is -2.21. The molecule has 16 heavy (non-hydrogen) atoms. The molecular weight excluding hydrogens is 222 g/mol. The van der Waals surface area contributed by atoms with Crippen LogP contribution in [0.3, 0.4) is 0 Å². The zero-order valence-corrected chi connectivity index (χ0v) is 10.6. The van der Waals surface area contributed by atoms with E-state index in [0.717, 1.165) is 35.0 Å². The molecular formula is C13H18ClNO. The van der Waals surface area contributed by atoms with E-state index in [1.54, 1.807) is 0 Å². The number of aryl methyl sites for hydroxylation is 2. The Morgan fingerprint density at radius 1 is 1.38 bits per heavy atom. The van der Waals surface area contributed by atoms with Crippen LogP contribution in [0.4, 0.5) is 0 Å². The highest BCUT2D eigenvalue weighted by Gasteiger charge is 2.04. The van der Waals surface area contributed by atoms with E-state index in [1.165, 1.54) is 0 Å². The Morgan fingerprint density at radius 3 is 2.56 bits per heavy atom. The fourth-order valence-electron chi connectivity index (χ4n) is 1.55. The van der Waals surface area contributed by atoms with Crippen LogP contribution in [0.5, 0.6) is 5.75 Å². The monoisotopic (exact) mass is 239 g/mol. The SMILES string of the molecule is C=CCNCCOc1c(C)cc(Cl)cc1C. The van der Waals surface area contributed by atoms with Crippen molar-refractivity contribution in [1.82, 2.24) is 5.32 Å². The molecule has 0 spiro atoms. The molecule has 0 unspecified atom stereocenters. The Hall–Kier alpha value is -0.990. The smallest absolute Gasteiger partial charge is 0.125 e. The van der Waals surface area contributed by atoms with Crippen LogP contribution < -0.4 is 10.1 Å². The van der Waals surface area contributed by atoms with Gasteiger partial charge in [0.25, 0.3) is 0 Å². The summed E-state index contributed by atoms with van der Waals surface area (Å²) >= 11 is 5.95. The summed E-state index contributed by atoms with van der Waals surface area (Å²) in [5, 5.41) is 3.94. The van der Waals surface area contributed by atoms with Crippen LogP contribution in [0.15, 0.2) is 24.8 Å². The fourth-order valence-corrected chi connectivity index (χ4v) is 1.88. The summed E-state index contributed by atoms with van der Waals surface area (Å²) in [7, 11) is 0. The highest BCUT2D eigenvalue weighted by atomic mass is 35.5. The summed E-state index contributed by atoms with van der Waals surface area (Å²) in [6.45, 7) is 9.92. The quantitative estimate of drug-likeness (QED) is 0.609. The van der Waals surface area contributed by atoms with Crippen LogP contribution in [0.2, 0.25) is 5.02 Å². The Kier molecular flexibility index (Phi) is 5.36. The molecule has 0 aromatic heterocycles. The largest absolute Gasteiger partial charge is 0.492 e. The number of hydrogen-bond acceptors (Lipinski definition) is 2. The highest BCUT2D eigenvalue weighted by Crippen LogP contribution is 2.26. The molecule has 0 aliphatic rings. The van der Waals surface area contributed by atoms with E-state index in [0.29, 0.717) is 6.61 Å². The maximum atomic E-state index is 5.95. The van der Waals surface area contributed by atoms with E-state index in [9.17, 15) is 0 Å². The average Bonchev–Trinajstić information content (AvgIpc) is 2.20. The van der Waals surface area contributed by atoms with Gasteiger partial charge in [0.2, 0.25) is 0 Å². The third kappa shape index (κ3) is 3.87. The summed E-state index contributed by atoms with van der Waals surface area (Å²) in [4.78, 5) is 0. The van der Waals surface area contributed by atoms with Crippen LogP contribution in [-0.4, -0.2) is 19.7 Å². The third-order valence-corrected chi connectivity index (χ3v) is 2.46. The van der Waals surface area contributed by atoms with Gasteiger partial charge in [-0.25, -0.2) is 0 Å². The summed E-state index contributed by atoms with van der Waals surface area (Å²) in [6, 6.07) is 3.84. The van der Waals surface area contributed by atoms with Crippen molar-refractivity contribution >= 4 is 11.6 Å². The van der Waals surface area contributed by atoms with Gasteiger partial charge >= 0.3 is 0 Å². The van der Waals surface area contributed by atoms with E-state index >= 15 is 0 Å². The molecule has 0 saturated heterocycles. The van der Waals surface area contributed by atoms with Gasteiger partial charge in [-0.15, -0.1) is 6.58 Å². The van der Waals surface area contributed by atoms with E-state index in [4.69, 9.17) is 16.3 Å². The molecule has 3 heteroatoms. The Labute approximate surface area is 102 Å². The van der Waals surface area contributed by atoms with Crippen LogP contribution in [0, 0.1) is 13.8 Å². The van der Waals surface area contributed by atoms with Gasteiger partial charge in [-0.2, -0.15) is 0 Å². The Bertz CT molecular complexity index is 340. The van der Waals surface area contributed by atoms with Gasteiger partial charge in [0.15, 0.2) is 0 Å². The van der Waals surface area contributed by atoms with Crippen molar-refractivity contribution in [3.8, 4) is 5.75 Å². The first kappa shape index (κ1) is 13.1. The molecule has 2 nitrogen and oxygen atoms in total. The summed E-state index contributed by atoms with van der Waals surface area (Å²) in [6.07, 6.45) is 1.83. The van der Waals surface area contributed by atoms with Crippen molar-refractivity contribution in [1.29, 1.82) is 0 Å². The average molecular weight is 240 g/mol. The zero-order chi connectivity index (χ0) is 12.0.